The maximum absolute atomic E-state index is 12.8. The van der Waals surface area contributed by atoms with Gasteiger partial charge in [0.2, 0.25) is 11.8 Å². The predicted molar refractivity (Wildman–Crippen MR) is 107 cm³/mol. The topological polar surface area (TPSA) is 52.7 Å². The van der Waals surface area contributed by atoms with Gasteiger partial charge in [-0.3, -0.25) is 9.59 Å². The van der Waals surface area contributed by atoms with Crippen LogP contribution in [0.2, 0.25) is 0 Å². The van der Waals surface area contributed by atoms with Crippen molar-refractivity contribution in [1.82, 2.24) is 15.1 Å². The Bertz CT molecular complexity index is 651. The van der Waals surface area contributed by atoms with Crippen LogP contribution in [0.1, 0.15) is 51.0 Å². The molecular weight excluding hydrogens is 338 g/mol. The fourth-order valence-electron chi connectivity index (χ4n) is 4.64. The number of carbonyl (C=O) groups is 2. The Morgan fingerprint density at radius 2 is 1.89 bits per heavy atom. The van der Waals surface area contributed by atoms with Gasteiger partial charge >= 0.3 is 0 Å². The quantitative estimate of drug-likeness (QED) is 0.866. The van der Waals surface area contributed by atoms with E-state index in [2.05, 4.69) is 22.3 Å². The van der Waals surface area contributed by atoms with Crippen molar-refractivity contribution in [2.45, 2.75) is 51.5 Å². The highest BCUT2D eigenvalue weighted by atomic mass is 16.2. The van der Waals surface area contributed by atoms with E-state index in [4.69, 9.17) is 0 Å². The van der Waals surface area contributed by atoms with Gasteiger partial charge in [0.25, 0.3) is 0 Å². The highest BCUT2D eigenvalue weighted by molar-refractivity contribution is 5.84. The van der Waals surface area contributed by atoms with Gasteiger partial charge in [0, 0.05) is 32.6 Å². The number of piperidine rings is 2. The van der Waals surface area contributed by atoms with Gasteiger partial charge in [-0.25, -0.2) is 0 Å². The van der Waals surface area contributed by atoms with E-state index in [9.17, 15) is 9.59 Å². The third-order valence-corrected chi connectivity index (χ3v) is 6.11. The van der Waals surface area contributed by atoms with E-state index >= 15 is 0 Å². The molecule has 5 nitrogen and oxygen atoms in total. The van der Waals surface area contributed by atoms with E-state index in [0.29, 0.717) is 6.42 Å². The summed E-state index contributed by atoms with van der Waals surface area (Å²) < 4.78 is 0. The Morgan fingerprint density at radius 1 is 1.22 bits per heavy atom. The van der Waals surface area contributed by atoms with Gasteiger partial charge in [-0.05, 0) is 57.2 Å². The van der Waals surface area contributed by atoms with Crippen LogP contribution in [0.25, 0.3) is 0 Å². The number of likely N-dealkylation sites (N-methyl/N-ethyl adjacent to an activating group) is 1. The van der Waals surface area contributed by atoms with Crippen LogP contribution in [-0.4, -0.2) is 60.9 Å². The van der Waals surface area contributed by atoms with Crippen molar-refractivity contribution in [2.75, 3.05) is 33.2 Å². The van der Waals surface area contributed by atoms with E-state index in [1.807, 2.05) is 44.0 Å². The molecule has 5 heteroatoms. The van der Waals surface area contributed by atoms with Crippen LogP contribution in [0.5, 0.6) is 0 Å². The molecule has 0 radical (unpaired) electrons. The molecule has 0 bridgehead atoms. The van der Waals surface area contributed by atoms with Gasteiger partial charge in [-0.2, -0.15) is 0 Å². The average Bonchev–Trinajstić information content (AvgIpc) is 2.65. The average molecular weight is 372 g/mol. The first-order valence-corrected chi connectivity index (χ1v) is 10.2. The third-order valence-electron chi connectivity index (χ3n) is 6.11. The normalized spacial score (nSPS) is 23.0. The van der Waals surface area contributed by atoms with Crippen molar-refractivity contribution in [3.63, 3.8) is 0 Å². The second-order valence-electron chi connectivity index (χ2n) is 8.68. The Hall–Kier alpha value is -1.88. The van der Waals surface area contributed by atoms with Gasteiger partial charge in [-0.15, -0.1) is 0 Å². The van der Waals surface area contributed by atoms with Crippen molar-refractivity contribution in [1.29, 1.82) is 0 Å². The summed E-state index contributed by atoms with van der Waals surface area (Å²) in [4.78, 5) is 29.0. The van der Waals surface area contributed by atoms with Crippen LogP contribution in [0.15, 0.2) is 30.3 Å². The van der Waals surface area contributed by atoms with Crippen LogP contribution in [0.3, 0.4) is 0 Å². The SMILES string of the molecule is CC(C)NC(=O)CCN1CCC2(CC1)CC(c1ccccc1)C(=O)N(C)C2. The van der Waals surface area contributed by atoms with Gasteiger partial charge < -0.3 is 15.1 Å². The summed E-state index contributed by atoms with van der Waals surface area (Å²) in [6.45, 7) is 7.69. The molecule has 27 heavy (non-hydrogen) atoms. The number of hydrogen-bond donors (Lipinski definition) is 1. The van der Waals surface area contributed by atoms with E-state index in [1.165, 1.54) is 0 Å². The number of benzene rings is 1. The summed E-state index contributed by atoms with van der Waals surface area (Å²) in [5.41, 5.74) is 1.35. The second kappa shape index (κ2) is 8.42. The molecule has 2 amide bonds. The summed E-state index contributed by atoms with van der Waals surface area (Å²) in [6, 6.07) is 10.4. The van der Waals surface area contributed by atoms with Crippen molar-refractivity contribution < 1.29 is 9.59 Å². The molecule has 1 unspecified atom stereocenters. The summed E-state index contributed by atoms with van der Waals surface area (Å²) in [7, 11) is 1.95. The maximum Gasteiger partial charge on any atom is 0.229 e. The van der Waals surface area contributed by atoms with E-state index in [1.54, 1.807) is 0 Å². The molecule has 2 aliphatic rings. The van der Waals surface area contributed by atoms with Gasteiger partial charge in [0.05, 0.1) is 5.92 Å². The molecule has 2 heterocycles. The minimum atomic E-state index is -0.0201. The monoisotopic (exact) mass is 371 g/mol. The summed E-state index contributed by atoms with van der Waals surface area (Å²) in [5, 5.41) is 2.96. The molecule has 1 aromatic carbocycles. The zero-order chi connectivity index (χ0) is 19.4. The molecule has 1 atom stereocenters. The van der Waals surface area contributed by atoms with Crippen LogP contribution in [-0.2, 0) is 9.59 Å². The number of rotatable bonds is 5. The standard InChI is InChI=1S/C22H33N3O2/c1-17(2)23-20(26)9-12-25-13-10-22(11-14-25)15-19(21(27)24(3)16-22)18-7-5-4-6-8-18/h4-8,17,19H,9-16H2,1-3H3,(H,23,26). The fraction of sp³-hybridized carbons (Fsp3) is 0.636. The Balaban J connectivity index is 1.58. The molecule has 0 aromatic heterocycles. The lowest BCUT2D eigenvalue weighted by Crippen LogP contribution is -2.53. The van der Waals surface area contributed by atoms with Crippen molar-refractivity contribution in [3.8, 4) is 0 Å². The number of amides is 2. The maximum atomic E-state index is 12.8. The first-order chi connectivity index (χ1) is 12.9. The lowest BCUT2D eigenvalue weighted by Gasteiger charge is -2.49. The molecule has 2 saturated heterocycles. The molecule has 2 aliphatic heterocycles. The Morgan fingerprint density at radius 3 is 2.52 bits per heavy atom. The number of nitrogens with zero attached hydrogens (tertiary/aromatic N) is 2. The smallest absolute Gasteiger partial charge is 0.229 e. The number of likely N-dealkylation sites (tertiary alicyclic amines) is 2. The van der Waals surface area contributed by atoms with Crippen LogP contribution in [0, 0.1) is 5.41 Å². The van der Waals surface area contributed by atoms with Crippen molar-refractivity contribution in [2.24, 2.45) is 5.41 Å². The first-order valence-electron chi connectivity index (χ1n) is 10.2. The van der Waals surface area contributed by atoms with Crippen LogP contribution >= 0.6 is 0 Å². The lowest BCUT2D eigenvalue weighted by atomic mass is 9.67. The van der Waals surface area contributed by atoms with Gasteiger partial charge in [0.1, 0.15) is 0 Å². The summed E-state index contributed by atoms with van der Waals surface area (Å²) >= 11 is 0. The predicted octanol–water partition coefficient (Wildman–Crippen LogP) is 2.63. The highest BCUT2D eigenvalue weighted by Crippen LogP contribution is 2.45. The molecule has 2 fully saturated rings. The highest BCUT2D eigenvalue weighted by Gasteiger charge is 2.44. The molecule has 1 aromatic rings. The molecule has 0 saturated carbocycles. The Kier molecular flexibility index (Phi) is 6.20. The van der Waals surface area contributed by atoms with Gasteiger partial charge in [0.15, 0.2) is 0 Å². The minimum absolute atomic E-state index is 0.0201. The number of hydrogen-bond acceptors (Lipinski definition) is 3. The molecule has 0 aliphatic carbocycles. The summed E-state index contributed by atoms with van der Waals surface area (Å²) in [6.07, 6.45) is 3.71. The van der Waals surface area contributed by atoms with Crippen LogP contribution in [0.4, 0.5) is 0 Å². The van der Waals surface area contributed by atoms with E-state index < -0.39 is 0 Å². The molecule has 1 N–H and O–H groups in total. The fourth-order valence-corrected chi connectivity index (χ4v) is 4.64. The van der Waals surface area contributed by atoms with Gasteiger partial charge in [-0.1, -0.05) is 30.3 Å². The number of carbonyl (C=O) groups excluding carboxylic acids is 2. The zero-order valence-electron chi connectivity index (χ0n) is 16.9. The van der Waals surface area contributed by atoms with Crippen molar-refractivity contribution in [3.05, 3.63) is 35.9 Å². The lowest BCUT2D eigenvalue weighted by molar-refractivity contribution is -0.140. The van der Waals surface area contributed by atoms with E-state index in [0.717, 1.165) is 51.0 Å². The minimum Gasteiger partial charge on any atom is -0.354 e. The molecule has 1 spiro atoms. The zero-order valence-corrected chi connectivity index (χ0v) is 16.9. The van der Waals surface area contributed by atoms with Crippen molar-refractivity contribution >= 4 is 11.8 Å². The summed E-state index contributed by atoms with van der Waals surface area (Å²) in [5.74, 6) is 0.366. The molecule has 3 rings (SSSR count). The Labute approximate surface area is 163 Å². The van der Waals surface area contributed by atoms with E-state index in [-0.39, 0.29) is 29.2 Å². The second-order valence-corrected chi connectivity index (χ2v) is 8.68. The van der Waals surface area contributed by atoms with Crippen LogP contribution < -0.4 is 5.32 Å². The number of nitrogens with one attached hydrogen (secondary N) is 1. The third kappa shape index (κ3) is 4.89. The molecular formula is C22H33N3O2. The largest absolute Gasteiger partial charge is 0.354 e. The first kappa shape index (κ1) is 19.9. The molecule has 148 valence electrons.